The summed E-state index contributed by atoms with van der Waals surface area (Å²) in [4.78, 5) is 22.5. The molecule has 0 bridgehead atoms. The fraction of sp³-hybridized carbons (Fsp3) is 0.467. The van der Waals surface area contributed by atoms with Gasteiger partial charge in [-0.15, -0.1) is 0 Å². The van der Waals surface area contributed by atoms with Crippen molar-refractivity contribution in [1.29, 1.82) is 0 Å². The number of carbonyl (C=O) groups is 1. The van der Waals surface area contributed by atoms with Gasteiger partial charge >= 0.3 is 0 Å². The molecule has 1 aliphatic rings. The van der Waals surface area contributed by atoms with Crippen LogP contribution in [0.1, 0.15) is 19.3 Å². The third kappa shape index (κ3) is 4.49. The number of anilines is 1. The van der Waals surface area contributed by atoms with E-state index in [1.54, 1.807) is 18.5 Å². The van der Waals surface area contributed by atoms with Gasteiger partial charge in [0.15, 0.2) is 0 Å². The number of carbonyl (C=O) groups excluding carboxylic acids is 1. The molecule has 1 fully saturated rings. The van der Waals surface area contributed by atoms with E-state index in [0.29, 0.717) is 23.4 Å². The number of hydrogen-bond acceptors (Lipinski definition) is 5. The Morgan fingerprint density at radius 3 is 3.04 bits per heavy atom. The van der Waals surface area contributed by atoms with Crippen molar-refractivity contribution in [3.63, 3.8) is 0 Å². The summed E-state index contributed by atoms with van der Waals surface area (Å²) < 4.78 is 1.82. The molecule has 0 aliphatic carbocycles. The van der Waals surface area contributed by atoms with Crippen LogP contribution >= 0.6 is 11.6 Å². The molecule has 8 heteroatoms. The molecule has 1 atom stereocenters. The lowest BCUT2D eigenvalue weighted by Crippen LogP contribution is -2.46. The highest BCUT2D eigenvalue weighted by atomic mass is 35.5. The number of amides is 1. The average Bonchev–Trinajstić information content (AvgIpc) is 3.05. The van der Waals surface area contributed by atoms with E-state index in [2.05, 4.69) is 25.3 Å². The Morgan fingerprint density at radius 1 is 1.39 bits per heavy atom. The molecule has 0 saturated carbocycles. The van der Waals surface area contributed by atoms with Crippen LogP contribution in [0.4, 0.5) is 5.82 Å². The molecule has 2 aromatic rings. The van der Waals surface area contributed by atoms with Gasteiger partial charge in [-0.1, -0.05) is 18.0 Å². The molecule has 3 heterocycles. The molecule has 0 radical (unpaired) electrons. The topological polar surface area (TPSA) is 75.9 Å². The van der Waals surface area contributed by atoms with Gasteiger partial charge < -0.3 is 5.32 Å². The van der Waals surface area contributed by atoms with Crippen LogP contribution in [0, 0.1) is 0 Å². The van der Waals surface area contributed by atoms with Crippen molar-refractivity contribution in [2.45, 2.75) is 31.8 Å². The minimum absolute atomic E-state index is 0.0645. The van der Waals surface area contributed by atoms with Crippen molar-refractivity contribution in [1.82, 2.24) is 24.6 Å². The number of aromatic nitrogens is 4. The Kier molecular flexibility index (Phi) is 5.19. The van der Waals surface area contributed by atoms with Gasteiger partial charge in [-0.2, -0.15) is 5.10 Å². The molecule has 0 unspecified atom stereocenters. The number of nitrogens with zero attached hydrogens (tertiary/aromatic N) is 5. The third-order valence-corrected chi connectivity index (χ3v) is 4.18. The third-order valence-electron chi connectivity index (χ3n) is 3.96. The first-order valence-corrected chi connectivity index (χ1v) is 8.06. The van der Waals surface area contributed by atoms with Crippen LogP contribution in [0.15, 0.2) is 31.0 Å². The van der Waals surface area contributed by atoms with Crippen molar-refractivity contribution >= 4 is 23.3 Å². The summed E-state index contributed by atoms with van der Waals surface area (Å²) in [5, 5.41) is 7.51. The predicted molar refractivity (Wildman–Crippen MR) is 87.1 cm³/mol. The Hall–Kier alpha value is -1.99. The van der Waals surface area contributed by atoms with Crippen molar-refractivity contribution in [3.05, 3.63) is 36.0 Å². The van der Waals surface area contributed by atoms with E-state index in [-0.39, 0.29) is 5.91 Å². The molecule has 1 N–H and O–H groups in total. The number of hydrogen-bond donors (Lipinski definition) is 1. The Bertz CT molecular complexity index is 630. The van der Waals surface area contributed by atoms with Gasteiger partial charge in [0.05, 0.1) is 18.1 Å². The van der Waals surface area contributed by atoms with Crippen LogP contribution in [0.3, 0.4) is 0 Å². The number of rotatable bonds is 5. The lowest BCUT2D eigenvalue weighted by atomic mass is 10.0. The summed E-state index contributed by atoms with van der Waals surface area (Å²) in [7, 11) is 0. The largest absolute Gasteiger partial charge is 0.310 e. The van der Waals surface area contributed by atoms with Gasteiger partial charge in [0.2, 0.25) is 5.91 Å². The molecule has 122 valence electrons. The van der Waals surface area contributed by atoms with Crippen LogP contribution in [-0.2, 0) is 11.3 Å². The second-order valence-corrected chi connectivity index (χ2v) is 6.08. The van der Waals surface area contributed by atoms with E-state index < -0.39 is 0 Å². The summed E-state index contributed by atoms with van der Waals surface area (Å²) in [6.07, 6.45) is 8.12. The van der Waals surface area contributed by atoms with Crippen molar-refractivity contribution < 1.29 is 4.79 Å². The fourth-order valence-electron chi connectivity index (χ4n) is 2.83. The SMILES string of the molecule is O=C(CN1CCCC[C@H]1Cn1cncn1)Nc1ccc(Cl)cn1. The number of pyridine rings is 1. The molecule has 2 aromatic heterocycles. The Labute approximate surface area is 139 Å². The standard InChI is InChI=1S/C15H19ClN6O/c16-12-4-5-14(18-7-12)20-15(23)9-21-6-2-1-3-13(21)8-22-11-17-10-19-22/h4-5,7,10-11,13H,1-3,6,8-9H2,(H,18,20,23)/t13-/m0/s1. The normalized spacial score (nSPS) is 18.7. The lowest BCUT2D eigenvalue weighted by molar-refractivity contribution is -0.118. The molecule has 0 spiro atoms. The fourth-order valence-corrected chi connectivity index (χ4v) is 2.95. The predicted octanol–water partition coefficient (Wildman–Crippen LogP) is 1.82. The molecule has 7 nitrogen and oxygen atoms in total. The summed E-state index contributed by atoms with van der Waals surface area (Å²) >= 11 is 5.79. The van der Waals surface area contributed by atoms with Crippen molar-refractivity contribution in [2.75, 3.05) is 18.4 Å². The second-order valence-electron chi connectivity index (χ2n) is 5.65. The first-order valence-electron chi connectivity index (χ1n) is 7.68. The zero-order chi connectivity index (χ0) is 16.1. The molecular weight excluding hydrogens is 316 g/mol. The van der Waals surface area contributed by atoms with Gasteiger partial charge in [-0.3, -0.25) is 14.4 Å². The summed E-state index contributed by atoms with van der Waals surface area (Å²) in [6.45, 7) is 2.02. The maximum absolute atomic E-state index is 12.3. The summed E-state index contributed by atoms with van der Waals surface area (Å²) in [5.74, 6) is 0.453. The first kappa shape index (κ1) is 15.9. The van der Waals surface area contributed by atoms with E-state index in [4.69, 9.17) is 11.6 Å². The van der Waals surface area contributed by atoms with Crippen LogP contribution in [-0.4, -0.2) is 49.7 Å². The quantitative estimate of drug-likeness (QED) is 0.902. The van der Waals surface area contributed by atoms with Crippen LogP contribution < -0.4 is 5.32 Å². The van der Waals surface area contributed by atoms with Gasteiger partial charge in [0.25, 0.3) is 0 Å². The molecule has 0 aromatic carbocycles. The highest BCUT2D eigenvalue weighted by Gasteiger charge is 2.25. The van der Waals surface area contributed by atoms with Crippen LogP contribution in [0.5, 0.6) is 0 Å². The van der Waals surface area contributed by atoms with E-state index in [1.807, 2.05) is 4.68 Å². The van der Waals surface area contributed by atoms with E-state index in [9.17, 15) is 4.79 Å². The molecule has 23 heavy (non-hydrogen) atoms. The summed E-state index contributed by atoms with van der Waals surface area (Å²) in [5.41, 5.74) is 0. The molecule has 1 aliphatic heterocycles. The van der Waals surface area contributed by atoms with Gasteiger partial charge in [0.1, 0.15) is 18.5 Å². The maximum Gasteiger partial charge on any atom is 0.239 e. The van der Waals surface area contributed by atoms with E-state index >= 15 is 0 Å². The highest BCUT2D eigenvalue weighted by molar-refractivity contribution is 6.30. The smallest absolute Gasteiger partial charge is 0.239 e. The molecule has 1 amide bonds. The number of likely N-dealkylation sites (tertiary alicyclic amines) is 1. The first-order chi connectivity index (χ1) is 11.2. The van der Waals surface area contributed by atoms with Gasteiger partial charge in [0, 0.05) is 12.2 Å². The monoisotopic (exact) mass is 334 g/mol. The molecular formula is C15H19ClN6O. The zero-order valence-electron chi connectivity index (χ0n) is 12.7. The van der Waals surface area contributed by atoms with Crippen molar-refractivity contribution in [3.8, 4) is 0 Å². The molecule has 1 saturated heterocycles. The Balaban J connectivity index is 1.57. The van der Waals surface area contributed by atoms with Crippen molar-refractivity contribution in [2.24, 2.45) is 0 Å². The number of nitrogens with one attached hydrogen (secondary N) is 1. The van der Waals surface area contributed by atoms with Crippen LogP contribution in [0.25, 0.3) is 0 Å². The number of halogens is 1. The highest BCUT2D eigenvalue weighted by Crippen LogP contribution is 2.18. The average molecular weight is 335 g/mol. The zero-order valence-corrected chi connectivity index (χ0v) is 13.5. The summed E-state index contributed by atoms with van der Waals surface area (Å²) in [6, 6.07) is 3.71. The maximum atomic E-state index is 12.3. The van der Waals surface area contributed by atoms with Gasteiger partial charge in [-0.25, -0.2) is 9.97 Å². The van der Waals surface area contributed by atoms with E-state index in [1.165, 1.54) is 18.9 Å². The Morgan fingerprint density at radius 2 is 2.30 bits per heavy atom. The number of piperidine rings is 1. The molecule has 3 rings (SSSR count). The van der Waals surface area contributed by atoms with E-state index in [0.717, 1.165) is 25.9 Å². The second kappa shape index (κ2) is 7.52. The van der Waals surface area contributed by atoms with Gasteiger partial charge in [-0.05, 0) is 31.5 Å². The minimum atomic E-state index is -0.0645. The minimum Gasteiger partial charge on any atom is -0.310 e. The van der Waals surface area contributed by atoms with Crippen LogP contribution in [0.2, 0.25) is 5.02 Å². The lowest BCUT2D eigenvalue weighted by Gasteiger charge is -2.34.